The van der Waals surface area contributed by atoms with Crippen molar-refractivity contribution in [2.45, 2.75) is 70.1 Å². The fourth-order valence-corrected chi connectivity index (χ4v) is 5.10. The number of ether oxygens (including phenoxy) is 4. The van der Waals surface area contributed by atoms with Crippen molar-refractivity contribution in [1.82, 2.24) is 4.90 Å². The molecule has 0 bridgehead atoms. The van der Waals surface area contributed by atoms with Crippen LogP contribution in [-0.2, 0) is 9.47 Å². The fraction of sp³-hybridized carbons (Fsp3) is 0.708. The summed E-state index contributed by atoms with van der Waals surface area (Å²) in [6.07, 6.45) is 0.665. The van der Waals surface area contributed by atoms with Gasteiger partial charge in [0.05, 0.1) is 0 Å². The molecule has 0 aromatic heterocycles. The highest BCUT2D eigenvalue weighted by Crippen LogP contribution is 2.40. The molecule has 0 unspecified atom stereocenters. The van der Waals surface area contributed by atoms with Gasteiger partial charge in [0.25, 0.3) is 0 Å². The number of carbonyl (C=O) groups is 1. The van der Waals surface area contributed by atoms with E-state index in [1.807, 2.05) is 12.1 Å². The molecule has 1 saturated heterocycles. The van der Waals surface area contributed by atoms with E-state index < -0.39 is 22.2 Å². The summed E-state index contributed by atoms with van der Waals surface area (Å²) in [5.74, 6) is 1.55. The predicted molar refractivity (Wildman–Crippen MR) is 137 cm³/mol. The molecule has 1 aliphatic rings. The summed E-state index contributed by atoms with van der Waals surface area (Å²) < 4.78 is 23.6. The Morgan fingerprint density at radius 2 is 1.48 bits per heavy atom. The summed E-state index contributed by atoms with van der Waals surface area (Å²) in [5, 5.41) is 9.26. The van der Waals surface area contributed by atoms with Crippen LogP contribution < -0.4 is 9.47 Å². The summed E-state index contributed by atoms with van der Waals surface area (Å²) in [6, 6.07) is 8.09. The van der Waals surface area contributed by atoms with E-state index in [0.717, 1.165) is 30.5 Å². The van der Waals surface area contributed by atoms with E-state index in [4.69, 9.17) is 18.9 Å². The van der Waals surface area contributed by atoms with Gasteiger partial charge in [0.2, 0.25) is 0 Å². The average molecular weight is 498 g/mol. The Labute approximate surface area is 201 Å². The lowest BCUT2D eigenvalue weighted by molar-refractivity contribution is 0.00497. The standard InChI is InChI=1S/C24H43NO6Si2/c1-32(2,3)16-14-28-18-30-22-9-7-8-21(20-10-12-25(13-11-20)24(26)27)23(22)31-19-29-15-17-33(4,5)6/h7-9,20H,10-19H2,1-6H3,(H,26,27). The Morgan fingerprint density at radius 1 is 0.939 bits per heavy atom. The van der Waals surface area contributed by atoms with E-state index in [1.165, 1.54) is 4.90 Å². The third kappa shape index (κ3) is 10.5. The van der Waals surface area contributed by atoms with E-state index in [-0.39, 0.29) is 19.5 Å². The Balaban J connectivity index is 2.03. The number of rotatable bonds is 13. The van der Waals surface area contributed by atoms with Crippen LogP contribution in [0, 0.1) is 0 Å². The van der Waals surface area contributed by atoms with Crippen molar-refractivity contribution in [2.75, 3.05) is 39.9 Å². The number of benzene rings is 1. The molecule has 0 spiro atoms. The third-order valence-electron chi connectivity index (χ3n) is 5.79. The van der Waals surface area contributed by atoms with Gasteiger partial charge in [-0.05, 0) is 36.9 Å². The van der Waals surface area contributed by atoms with Crippen molar-refractivity contribution in [1.29, 1.82) is 0 Å². The normalized spacial score (nSPS) is 15.5. The summed E-state index contributed by atoms with van der Waals surface area (Å²) >= 11 is 0. The van der Waals surface area contributed by atoms with Crippen LogP contribution in [-0.4, -0.2) is 72.1 Å². The van der Waals surface area contributed by atoms with Gasteiger partial charge in [-0.15, -0.1) is 0 Å². The molecule has 0 aliphatic carbocycles. The molecule has 1 N–H and O–H groups in total. The van der Waals surface area contributed by atoms with E-state index in [1.54, 1.807) is 0 Å². The number of amides is 1. The minimum absolute atomic E-state index is 0.169. The highest BCUT2D eigenvalue weighted by molar-refractivity contribution is 6.76. The van der Waals surface area contributed by atoms with Crippen LogP contribution in [0.5, 0.6) is 11.5 Å². The Hall–Kier alpha value is -1.56. The molecule has 2 rings (SSSR count). The van der Waals surface area contributed by atoms with Crippen LogP contribution >= 0.6 is 0 Å². The topological polar surface area (TPSA) is 77.5 Å². The van der Waals surface area contributed by atoms with E-state index in [0.29, 0.717) is 37.8 Å². The van der Waals surface area contributed by atoms with Gasteiger partial charge in [-0.1, -0.05) is 51.4 Å². The zero-order valence-electron chi connectivity index (χ0n) is 21.3. The monoisotopic (exact) mass is 497 g/mol. The first-order valence-corrected chi connectivity index (χ1v) is 19.4. The lowest BCUT2D eigenvalue weighted by Gasteiger charge is -2.31. The van der Waals surface area contributed by atoms with Crippen molar-refractivity contribution in [2.24, 2.45) is 0 Å². The van der Waals surface area contributed by atoms with Gasteiger partial charge in [-0.25, -0.2) is 4.79 Å². The van der Waals surface area contributed by atoms with Gasteiger partial charge in [0.1, 0.15) is 0 Å². The highest BCUT2D eigenvalue weighted by Gasteiger charge is 2.27. The van der Waals surface area contributed by atoms with Crippen LogP contribution in [0.3, 0.4) is 0 Å². The number of nitrogens with zero attached hydrogens (tertiary/aromatic N) is 1. The van der Waals surface area contributed by atoms with E-state index in [9.17, 15) is 9.90 Å². The number of piperidine rings is 1. The molecular weight excluding hydrogens is 454 g/mol. The molecule has 1 amide bonds. The molecular formula is C24H43NO6Si2. The summed E-state index contributed by atoms with van der Waals surface area (Å²) in [4.78, 5) is 12.8. The molecule has 7 nitrogen and oxygen atoms in total. The molecule has 1 fully saturated rings. The third-order valence-corrected chi connectivity index (χ3v) is 9.20. The zero-order chi connectivity index (χ0) is 24.5. The maximum Gasteiger partial charge on any atom is 0.407 e. The molecule has 1 heterocycles. The van der Waals surface area contributed by atoms with Crippen molar-refractivity contribution in [3.05, 3.63) is 23.8 Å². The molecule has 0 saturated carbocycles. The second-order valence-electron chi connectivity index (χ2n) is 11.2. The lowest BCUT2D eigenvalue weighted by atomic mass is 9.88. The second-order valence-corrected chi connectivity index (χ2v) is 22.4. The maximum atomic E-state index is 11.3. The Bertz CT molecular complexity index is 739. The molecule has 1 aromatic carbocycles. The minimum atomic E-state index is -1.16. The van der Waals surface area contributed by atoms with Crippen LogP contribution in [0.2, 0.25) is 51.4 Å². The SMILES string of the molecule is C[Si](C)(C)CCOCOc1cccc(C2CCN(C(=O)O)CC2)c1OCOCC[Si](C)(C)C. The van der Waals surface area contributed by atoms with Crippen LogP contribution in [0.25, 0.3) is 0 Å². The molecule has 0 radical (unpaired) electrons. The molecule has 188 valence electrons. The van der Waals surface area contributed by atoms with Crippen molar-refractivity contribution in [3.63, 3.8) is 0 Å². The van der Waals surface area contributed by atoms with Gasteiger partial charge in [-0.3, -0.25) is 0 Å². The molecule has 1 aliphatic heterocycles. The summed E-state index contributed by atoms with van der Waals surface area (Å²) in [5.41, 5.74) is 1.05. The summed E-state index contributed by atoms with van der Waals surface area (Å²) in [7, 11) is -2.31. The Morgan fingerprint density at radius 3 is 2.00 bits per heavy atom. The van der Waals surface area contributed by atoms with Gasteiger partial charge in [-0.2, -0.15) is 0 Å². The number of para-hydroxylation sites is 1. The predicted octanol–water partition coefficient (Wildman–Crippen LogP) is 5.93. The smallest absolute Gasteiger partial charge is 0.407 e. The fourth-order valence-electron chi connectivity index (χ4n) is 3.58. The quantitative estimate of drug-likeness (QED) is 0.207. The molecule has 9 heteroatoms. The zero-order valence-corrected chi connectivity index (χ0v) is 23.3. The van der Waals surface area contributed by atoms with Gasteiger partial charge >= 0.3 is 6.09 Å². The largest absolute Gasteiger partial charge is 0.465 e. The van der Waals surface area contributed by atoms with Gasteiger partial charge in [0.15, 0.2) is 25.1 Å². The summed E-state index contributed by atoms with van der Waals surface area (Å²) in [6.45, 7) is 16.7. The Kier molecular flexibility index (Phi) is 10.7. The first kappa shape index (κ1) is 27.7. The van der Waals surface area contributed by atoms with E-state index in [2.05, 4.69) is 45.3 Å². The highest BCUT2D eigenvalue weighted by atomic mass is 28.3. The number of carboxylic acid groups (broad SMARTS) is 1. The van der Waals surface area contributed by atoms with Gasteiger partial charge in [0, 0.05) is 48.0 Å². The van der Waals surface area contributed by atoms with Crippen LogP contribution in [0.4, 0.5) is 4.79 Å². The maximum absolute atomic E-state index is 11.3. The van der Waals surface area contributed by atoms with Crippen LogP contribution in [0.1, 0.15) is 24.3 Å². The first-order chi connectivity index (χ1) is 15.5. The van der Waals surface area contributed by atoms with Crippen molar-refractivity contribution in [3.8, 4) is 11.5 Å². The molecule has 33 heavy (non-hydrogen) atoms. The second kappa shape index (κ2) is 12.8. The minimum Gasteiger partial charge on any atom is -0.465 e. The van der Waals surface area contributed by atoms with Gasteiger partial charge < -0.3 is 29.0 Å². The number of hydrogen-bond donors (Lipinski definition) is 1. The molecule has 0 atom stereocenters. The number of likely N-dealkylation sites (tertiary alicyclic amines) is 1. The average Bonchev–Trinajstić information content (AvgIpc) is 2.72. The van der Waals surface area contributed by atoms with E-state index >= 15 is 0 Å². The van der Waals surface area contributed by atoms with Crippen molar-refractivity contribution >= 4 is 22.2 Å². The van der Waals surface area contributed by atoms with Crippen LogP contribution in [0.15, 0.2) is 18.2 Å². The van der Waals surface area contributed by atoms with Crippen molar-refractivity contribution < 1.29 is 28.8 Å². The lowest BCUT2D eigenvalue weighted by Crippen LogP contribution is -2.36. The number of hydrogen-bond acceptors (Lipinski definition) is 5. The first-order valence-electron chi connectivity index (χ1n) is 12.0. The molecule has 1 aromatic rings.